The molecule has 0 radical (unpaired) electrons. The van der Waals surface area contributed by atoms with E-state index in [2.05, 4.69) is 12.2 Å². The molecule has 1 heterocycles. The van der Waals surface area contributed by atoms with Crippen LogP contribution in [0.5, 0.6) is 0 Å². The molecule has 3 nitrogen and oxygen atoms in total. The van der Waals surface area contributed by atoms with Crippen molar-refractivity contribution in [1.29, 1.82) is 0 Å². The van der Waals surface area contributed by atoms with E-state index in [1.807, 2.05) is 0 Å². The number of nitrogens with one attached hydrogen (secondary N) is 1. The molecule has 3 heteroatoms. The summed E-state index contributed by atoms with van der Waals surface area (Å²) in [7, 11) is 0. The highest BCUT2D eigenvalue weighted by molar-refractivity contribution is 5.79. The topological polar surface area (TPSA) is 38.3 Å². The second-order valence-corrected chi connectivity index (χ2v) is 5.03. The fourth-order valence-electron chi connectivity index (χ4n) is 2.49. The second kappa shape index (κ2) is 4.97. The van der Waals surface area contributed by atoms with Crippen molar-refractivity contribution in [2.75, 3.05) is 13.2 Å². The predicted molar refractivity (Wildman–Crippen MR) is 58.5 cm³/mol. The van der Waals surface area contributed by atoms with Gasteiger partial charge in [-0.15, -0.1) is 0 Å². The first-order valence-corrected chi connectivity index (χ1v) is 6.14. The second-order valence-electron chi connectivity index (χ2n) is 5.03. The predicted octanol–water partition coefficient (Wildman–Crippen LogP) is 1.72. The molecule has 2 aliphatic rings. The fraction of sp³-hybridized carbons (Fsp3) is 0.917. The van der Waals surface area contributed by atoms with E-state index in [4.69, 9.17) is 4.74 Å². The molecule has 2 rings (SSSR count). The Morgan fingerprint density at radius 1 is 1.20 bits per heavy atom. The highest BCUT2D eigenvalue weighted by Crippen LogP contribution is 2.28. The number of carbonyl (C=O) groups excluding carboxylic acids is 1. The summed E-state index contributed by atoms with van der Waals surface area (Å²) < 4.78 is 5.25. The standard InChI is InChI=1S/C12H21NO2/c1-9-2-4-10(5-3-9)12(14)13-11-6-7-15-8-11/h9-11H,2-8H2,1H3,(H,13,14)/t9-,10-,11?. The van der Waals surface area contributed by atoms with Crippen molar-refractivity contribution in [3.63, 3.8) is 0 Å². The van der Waals surface area contributed by atoms with Gasteiger partial charge in [0.25, 0.3) is 0 Å². The summed E-state index contributed by atoms with van der Waals surface area (Å²) in [6.45, 7) is 3.78. The summed E-state index contributed by atoms with van der Waals surface area (Å²) in [6.07, 6.45) is 5.54. The minimum absolute atomic E-state index is 0.261. The third-order valence-corrected chi connectivity index (χ3v) is 3.66. The van der Waals surface area contributed by atoms with Crippen LogP contribution < -0.4 is 5.32 Å². The monoisotopic (exact) mass is 211 g/mol. The molecule has 15 heavy (non-hydrogen) atoms. The van der Waals surface area contributed by atoms with Crippen LogP contribution in [0.4, 0.5) is 0 Å². The lowest BCUT2D eigenvalue weighted by atomic mass is 9.82. The minimum Gasteiger partial charge on any atom is -0.379 e. The molecule has 1 aliphatic carbocycles. The normalized spacial score (nSPS) is 36.5. The Morgan fingerprint density at radius 2 is 1.93 bits per heavy atom. The highest BCUT2D eigenvalue weighted by Gasteiger charge is 2.26. The molecule has 1 amide bonds. The Morgan fingerprint density at radius 3 is 2.53 bits per heavy atom. The maximum Gasteiger partial charge on any atom is 0.223 e. The molecule has 86 valence electrons. The van der Waals surface area contributed by atoms with Gasteiger partial charge in [0.15, 0.2) is 0 Å². The van der Waals surface area contributed by atoms with Crippen LogP contribution in [-0.4, -0.2) is 25.2 Å². The average Bonchev–Trinajstić information content (AvgIpc) is 2.71. The lowest BCUT2D eigenvalue weighted by Crippen LogP contribution is -2.40. The maximum atomic E-state index is 11.9. The molecule has 1 saturated carbocycles. The zero-order valence-electron chi connectivity index (χ0n) is 9.50. The molecule has 1 saturated heterocycles. The van der Waals surface area contributed by atoms with Crippen molar-refractivity contribution >= 4 is 5.91 Å². The van der Waals surface area contributed by atoms with Crippen molar-refractivity contribution in [3.8, 4) is 0 Å². The molecule has 0 spiro atoms. The molecule has 0 aromatic heterocycles. The highest BCUT2D eigenvalue weighted by atomic mass is 16.5. The molecule has 2 fully saturated rings. The summed E-state index contributed by atoms with van der Waals surface area (Å²) in [6, 6.07) is 0.275. The van der Waals surface area contributed by atoms with Gasteiger partial charge in [-0.3, -0.25) is 4.79 Å². The summed E-state index contributed by atoms with van der Waals surface area (Å²) in [5.41, 5.74) is 0. The average molecular weight is 211 g/mol. The van der Waals surface area contributed by atoms with Crippen molar-refractivity contribution < 1.29 is 9.53 Å². The van der Waals surface area contributed by atoms with Gasteiger partial charge < -0.3 is 10.1 Å². The first kappa shape index (κ1) is 10.9. The molecule has 0 bridgehead atoms. The summed E-state index contributed by atoms with van der Waals surface area (Å²) in [5.74, 6) is 1.34. The number of carbonyl (C=O) groups is 1. The van der Waals surface area contributed by atoms with Gasteiger partial charge in [-0.1, -0.05) is 6.92 Å². The third-order valence-electron chi connectivity index (χ3n) is 3.66. The van der Waals surface area contributed by atoms with E-state index in [0.29, 0.717) is 6.61 Å². The van der Waals surface area contributed by atoms with Crippen molar-refractivity contribution in [1.82, 2.24) is 5.32 Å². The first-order chi connectivity index (χ1) is 7.25. The van der Waals surface area contributed by atoms with Crippen LogP contribution in [0.15, 0.2) is 0 Å². The van der Waals surface area contributed by atoms with Gasteiger partial charge in [0.1, 0.15) is 0 Å². The number of hydrogen-bond acceptors (Lipinski definition) is 2. The molecule has 1 atom stereocenters. The van der Waals surface area contributed by atoms with E-state index < -0.39 is 0 Å². The van der Waals surface area contributed by atoms with Gasteiger partial charge in [-0.2, -0.15) is 0 Å². The van der Waals surface area contributed by atoms with E-state index in [0.717, 1.165) is 31.8 Å². The van der Waals surface area contributed by atoms with Gasteiger partial charge in [-0.25, -0.2) is 0 Å². The Kier molecular flexibility index (Phi) is 3.62. The number of hydrogen-bond donors (Lipinski definition) is 1. The Labute approximate surface area is 91.6 Å². The smallest absolute Gasteiger partial charge is 0.223 e. The van der Waals surface area contributed by atoms with Gasteiger partial charge in [0.05, 0.1) is 12.6 Å². The van der Waals surface area contributed by atoms with Gasteiger partial charge in [0, 0.05) is 12.5 Å². The van der Waals surface area contributed by atoms with Crippen LogP contribution in [0, 0.1) is 11.8 Å². The van der Waals surface area contributed by atoms with E-state index in [1.54, 1.807) is 0 Å². The molecule has 1 N–H and O–H groups in total. The third kappa shape index (κ3) is 2.94. The SMILES string of the molecule is C[C@H]1CC[C@H](C(=O)NC2CCOC2)CC1. The van der Waals surface area contributed by atoms with E-state index >= 15 is 0 Å². The van der Waals surface area contributed by atoms with Gasteiger partial charge >= 0.3 is 0 Å². The Bertz CT molecular complexity index is 216. The number of ether oxygens (including phenoxy) is 1. The minimum atomic E-state index is 0.261. The van der Waals surface area contributed by atoms with Crippen LogP contribution in [0.2, 0.25) is 0 Å². The lowest BCUT2D eigenvalue weighted by molar-refractivity contribution is -0.126. The summed E-state index contributed by atoms with van der Waals surface area (Å²) >= 11 is 0. The van der Waals surface area contributed by atoms with Crippen LogP contribution >= 0.6 is 0 Å². The zero-order chi connectivity index (χ0) is 10.7. The Balaban J connectivity index is 1.75. The van der Waals surface area contributed by atoms with Gasteiger partial charge in [-0.05, 0) is 38.0 Å². The summed E-state index contributed by atoms with van der Waals surface area (Å²) in [4.78, 5) is 11.9. The molecular formula is C12H21NO2. The van der Waals surface area contributed by atoms with Crippen molar-refractivity contribution in [2.45, 2.75) is 45.1 Å². The number of amides is 1. The summed E-state index contributed by atoms with van der Waals surface area (Å²) in [5, 5.41) is 3.10. The molecule has 0 aromatic rings. The van der Waals surface area contributed by atoms with E-state index in [9.17, 15) is 4.79 Å². The quantitative estimate of drug-likeness (QED) is 0.755. The maximum absolute atomic E-state index is 11.9. The Hall–Kier alpha value is -0.570. The van der Waals surface area contributed by atoms with Crippen LogP contribution in [-0.2, 0) is 9.53 Å². The van der Waals surface area contributed by atoms with Gasteiger partial charge in [0.2, 0.25) is 5.91 Å². The van der Waals surface area contributed by atoms with Crippen LogP contribution in [0.3, 0.4) is 0 Å². The van der Waals surface area contributed by atoms with Crippen molar-refractivity contribution in [3.05, 3.63) is 0 Å². The molecular weight excluding hydrogens is 190 g/mol. The number of rotatable bonds is 2. The first-order valence-electron chi connectivity index (χ1n) is 6.14. The zero-order valence-corrected chi connectivity index (χ0v) is 9.50. The molecule has 0 aromatic carbocycles. The van der Waals surface area contributed by atoms with E-state index in [1.165, 1.54) is 12.8 Å². The largest absolute Gasteiger partial charge is 0.379 e. The van der Waals surface area contributed by atoms with Crippen molar-refractivity contribution in [2.24, 2.45) is 11.8 Å². The fourth-order valence-corrected chi connectivity index (χ4v) is 2.49. The molecule has 1 aliphatic heterocycles. The van der Waals surface area contributed by atoms with Crippen LogP contribution in [0.1, 0.15) is 39.0 Å². The van der Waals surface area contributed by atoms with E-state index in [-0.39, 0.29) is 17.9 Å². The lowest BCUT2D eigenvalue weighted by Gasteiger charge is -2.26. The van der Waals surface area contributed by atoms with Crippen LogP contribution in [0.25, 0.3) is 0 Å². The molecule has 1 unspecified atom stereocenters.